The number of hydrogen-bond acceptors (Lipinski definition) is 3. The summed E-state index contributed by atoms with van der Waals surface area (Å²) in [7, 11) is 0. The number of nitrogens with one attached hydrogen (secondary N) is 1. The molecule has 3 nitrogen and oxygen atoms in total. The quantitative estimate of drug-likeness (QED) is 0.827. The van der Waals surface area contributed by atoms with E-state index >= 15 is 0 Å². The number of benzene rings is 2. The van der Waals surface area contributed by atoms with E-state index in [1.807, 2.05) is 60.7 Å². The van der Waals surface area contributed by atoms with Crippen molar-refractivity contribution in [2.24, 2.45) is 0 Å². The average Bonchev–Trinajstić information content (AvgIpc) is 2.54. The predicted molar refractivity (Wildman–Crippen MR) is 87.0 cm³/mol. The summed E-state index contributed by atoms with van der Waals surface area (Å²) in [5, 5.41) is 12.3. The van der Waals surface area contributed by atoms with Crippen LogP contribution in [0, 0.1) is 0 Å². The first-order valence-corrected chi connectivity index (χ1v) is 8.02. The third-order valence-corrected chi connectivity index (χ3v) is 4.07. The zero-order valence-electron chi connectivity index (χ0n) is 11.7. The second-order valence-corrected chi connectivity index (χ2v) is 5.68. The van der Waals surface area contributed by atoms with Gasteiger partial charge in [0.05, 0.1) is 18.4 Å². The number of carbonyl (C=O) groups excluding carboxylic acids is 1. The Hall–Kier alpha value is -1.78. The van der Waals surface area contributed by atoms with Gasteiger partial charge in [-0.05, 0) is 11.1 Å². The maximum atomic E-state index is 11.9. The molecular weight excluding hydrogens is 282 g/mol. The number of aliphatic hydroxyl groups is 1. The van der Waals surface area contributed by atoms with E-state index in [4.69, 9.17) is 0 Å². The van der Waals surface area contributed by atoms with E-state index in [0.717, 1.165) is 11.3 Å². The van der Waals surface area contributed by atoms with E-state index in [2.05, 4.69) is 5.32 Å². The molecule has 0 aromatic heterocycles. The average molecular weight is 301 g/mol. The lowest BCUT2D eigenvalue weighted by atomic mass is 10.1. The molecule has 0 bridgehead atoms. The number of amides is 1. The van der Waals surface area contributed by atoms with Gasteiger partial charge in [0.25, 0.3) is 0 Å². The molecule has 0 aliphatic rings. The van der Waals surface area contributed by atoms with Crippen molar-refractivity contribution in [3.05, 3.63) is 71.8 Å². The van der Waals surface area contributed by atoms with Gasteiger partial charge >= 0.3 is 0 Å². The van der Waals surface area contributed by atoms with Gasteiger partial charge in [0.15, 0.2) is 0 Å². The minimum absolute atomic E-state index is 0.0566. The van der Waals surface area contributed by atoms with Crippen LogP contribution in [0.4, 0.5) is 0 Å². The van der Waals surface area contributed by atoms with Crippen molar-refractivity contribution < 1.29 is 9.90 Å². The summed E-state index contributed by atoms with van der Waals surface area (Å²) >= 11 is 1.57. The lowest BCUT2D eigenvalue weighted by Gasteiger charge is -2.16. The second kappa shape index (κ2) is 8.49. The Kier molecular flexibility index (Phi) is 6.31. The van der Waals surface area contributed by atoms with E-state index in [0.29, 0.717) is 5.75 Å². The lowest BCUT2D eigenvalue weighted by molar-refractivity contribution is -0.119. The summed E-state index contributed by atoms with van der Waals surface area (Å²) in [4.78, 5) is 11.9. The van der Waals surface area contributed by atoms with Crippen molar-refractivity contribution >= 4 is 17.7 Å². The summed E-state index contributed by atoms with van der Waals surface area (Å²) < 4.78 is 0. The second-order valence-electron chi connectivity index (χ2n) is 4.69. The monoisotopic (exact) mass is 301 g/mol. The topological polar surface area (TPSA) is 49.3 Å². The van der Waals surface area contributed by atoms with Crippen molar-refractivity contribution in [3.8, 4) is 0 Å². The molecule has 0 spiro atoms. The first-order valence-electron chi connectivity index (χ1n) is 6.86. The third-order valence-electron chi connectivity index (χ3n) is 3.06. The summed E-state index contributed by atoms with van der Waals surface area (Å²) in [6, 6.07) is 19.2. The van der Waals surface area contributed by atoms with Crippen LogP contribution in [0.15, 0.2) is 60.7 Å². The SMILES string of the molecule is O=C(CSCc1ccccc1)N[C@@H](CO)c1ccccc1. The molecule has 21 heavy (non-hydrogen) atoms. The summed E-state index contributed by atoms with van der Waals surface area (Å²) in [6.45, 7) is -0.0981. The predicted octanol–water partition coefficient (Wildman–Crippen LogP) is 2.77. The molecule has 2 aromatic rings. The molecular formula is C17H19NO2S. The Balaban J connectivity index is 1.78. The molecule has 0 saturated carbocycles. The van der Waals surface area contributed by atoms with Crippen LogP contribution in [0.5, 0.6) is 0 Å². The van der Waals surface area contributed by atoms with Crippen molar-refractivity contribution in [1.82, 2.24) is 5.32 Å². The Morgan fingerprint density at radius 3 is 2.29 bits per heavy atom. The summed E-state index contributed by atoms with van der Waals surface area (Å²) in [5.74, 6) is 1.14. The van der Waals surface area contributed by atoms with Gasteiger partial charge in [0.2, 0.25) is 5.91 Å². The van der Waals surface area contributed by atoms with Gasteiger partial charge in [-0.1, -0.05) is 60.7 Å². The molecule has 0 unspecified atom stereocenters. The van der Waals surface area contributed by atoms with E-state index in [-0.39, 0.29) is 18.6 Å². The molecule has 4 heteroatoms. The first-order chi connectivity index (χ1) is 10.3. The fraction of sp³-hybridized carbons (Fsp3) is 0.235. The zero-order chi connectivity index (χ0) is 14.9. The molecule has 110 valence electrons. The van der Waals surface area contributed by atoms with Crippen LogP contribution < -0.4 is 5.32 Å². The molecule has 2 aromatic carbocycles. The fourth-order valence-electron chi connectivity index (χ4n) is 1.99. The standard InChI is InChI=1S/C17H19NO2S/c19-11-16(15-9-5-2-6-10-15)18-17(20)13-21-12-14-7-3-1-4-8-14/h1-10,16,19H,11-13H2,(H,18,20)/t16-/m0/s1. The van der Waals surface area contributed by atoms with E-state index in [1.54, 1.807) is 11.8 Å². The number of aliphatic hydroxyl groups excluding tert-OH is 1. The molecule has 0 aliphatic heterocycles. The normalized spacial score (nSPS) is 11.9. The molecule has 1 amide bonds. The zero-order valence-corrected chi connectivity index (χ0v) is 12.6. The molecule has 2 N–H and O–H groups in total. The summed E-state index contributed by atoms with van der Waals surface area (Å²) in [6.07, 6.45) is 0. The minimum atomic E-state index is -0.337. The van der Waals surface area contributed by atoms with Gasteiger partial charge < -0.3 is 10.4 Å². The van der Waals surface area contributed by atoms with Crippen LogP contribution in [0.25, 0.3) is 0 Å². The molecule has 0 radical (unpaired) electrons. The Labute approximate surface area is 129 Å². The maximum absolute atomic E-state index is 11.9. The minimum Gasteiger partial charge on any atom is -0.394 e. The van der Waals surface area contributed by atoms with Crippen LogP contribution in [-0.2, 0) is 10.5 Å². The molecule has 2 rings (SSSR count). The molecule has 1 atom stereocenters. The Morgan fingerprint density at radius 2 is 1.67 bits per heavy atom. The van der Waals surface area contributed by atoms with Gasteiger partial charge in [0, 0.05) is 5.75 Å². The highest BCUT2D eigenvalue weighted by atomic mass is 32.2. The highest BCUT2D eigenvalue weighted by molar-refractivity contribution is 7.99. The summed E-state index contributed by atoms with van der Waals surface area (Å²) in [5.41, 5.74) is 2.12. The molecule has 0 fully saturated rings. The van der Waals surface area contributed by atoms with E-state index < -0.39 is 0 Å². The number of rotatable bonds is 7. The van der Waals surface area contributed by atoms with Crippen LogP contribution in [-0.4, -0.2) is 23.4 Å². The van der Waals surface area contributed by atoms with Gasteiger partial charge in [0.1, 0.15) is 0 Å². The van der Waals surface area contributed by atoms with Crippen molar-refractivity contribution in [3.63, 3.8) is 0 Å². The largest absolute Gasteiger partial charge is 0.394 e. The highest BCUT2D eigenvalue weighted by Crippen LogP contribution is 2.14. The maximum Gasteiger partial charge on any atom is 0.230 e. The number of thioether (sulfide) groups is 1. The fourth-order valence-corrected chi connectivity index (χ4v) is 2.79. The van der Waals surface area contributed by atoms with Gasteiger partial charge in [-0.25, -0.2) is 0 Å². The lowest BCUT2D eigenvalue weighted by Crippen LogP contribution is -2.32. The van der Waals surface area contributed by atoms with Crippen LogP contribution >= 0.6 is 11.8 Å². The van der Waals surface area contributed by atoms with Gasteiger partial charge in [-0.2, -0.15) is 0 Å². The van der Waals surface area contributed by atoms with Crippen molar-refractivity contribution in [2.75, 3.05) is 12.4 Å². The highest BCUT2D eigenvalue weighted by Gasteiger charge is 2.13. The van der Waals surface area contributed by atoms with Gasteiger partial charge in [-0.3, -0.25) is 4.79 Å². The number of hydrogen-bond donors (Lipinski definition) is 2. The first kappa shape index (κ1) is 15.6. The Bertz CT molecular complexity index is 545. The van der Waals surface area contributed by atoms with E-state index in [1.165, 1.54) is 5.56 Å². The smallest absolute Gasteiger partial charge is 0.230 e. The molecule has 0 heterocycles. The van der Waals surface area contributed by atoms with Crippen molar-refractivity contribution in [1.29, 1.82) is 0 Å². The van der Waals surface area contributed by atoms with E-state index in [9.17, 15) is 9.90 Å². The van der Waals surface area contributed by atoms with Crippen LogP contribution in [0.3, 0.4) is 0 Å². The molecule has 0 saturated heterocycles. The van der Waals surface area contributed by atoms with Crippen molar-refractivity contribution in [2.45, 2.75) is 11.8 Å². The molecule has 0 aliphatic carbocycles. The van der Waals surface area contributed by atoms with Crippen LogP contribution in [0.2, 0.25) is 0 Å². The van der Waals surface area contributed by atoms with Crippen LogP contribution in [0.1, 0.15) is 17.2 Å². The number of carbonyl (C=O) groups is 1. The van der Waals surface area contributed by atoms with Gasteiger partial charge in [-0.15, -0.1) is 11.8 Å². The Morgan fingerprint density at radius 1 is 1.05 bits per heavy atom. The third kappa shape index (κ3) is 5.25.